The molecule has 23 heavy (non-hydrogen) atoms. The van der Waals surface area contributed by atoms with Gasteiger partial charge in [-0.05, 0) is 50.5 Å². The highest BCUT2D eigenvalue weighted by Gasteiger charge is 2.23. The van der Waals surface area contributed by atoms with Gasteiger partial charge in [0.25, 0.3) is 5.91 Å². The summed E-state index contributed by atoms with van der Waals surface area (Å²) in [5, 5.41) is 2.96. The zero-order valence-corrected chi connectivity index (χ0v) is 13.7. The van der Waals surface area contributed by atoms with Gasteiger partial charge in [-0.1, -0.05) is 0 Å². The molecule has 1 aliphatic carbocycles. The smallest absolute Gasteiger partial charge is 0.251 e. The lowest BCUT2D eigenvalue weighted by molar-refractivity contribution is 0.0954. The van der Waals surface area contributed by atoms with E-state index in [0.29, 0.717) is 18.2 Å². The average molecular weight is 313 g/mol. The molecule has 1 fully saturated rings. The second-order valence-electron chi connectivity index (χ2n) is 6.00. The Labute approximate surface area is 136 Å². The van der Waals surface area contributed by atoms with Crippen LogP contribution in [0.5, 0.6) is 5.75 Å². The van der Waals surface area contributed by atoms with Crippen LogP contribution in [-0.2, 0) is 6.42 Å². The molecule has 1 amide bonds. The average Bonchev–Trinajstić information content (AvgIpc) is 2.87. The molecule has 0 aliphatic heterocycles. The molecule has 0 spiro atoms. The van der Waals surface area contributed by atoms with Crippen LogP contribution in [-0.4, -0.2) is 29.1 Å². The Hall–Kier alpha value is -2.30. The number of hydrogen-bond acceptors (Lipinski definition) is 3. The minimum atomic E-state index is -0.0638. The summed E-state index contributed by atoms with van der Waals surface area (Å²) in [6, 6.07) is 7.73. The van der Waals surface area contributed by atoms with Gasteiger partial charge in [-0.3, -0.25) is 4.79 Å². The molecule has 1 aromatic carbocycles. The molecule has 0 saturated heterocycles. The van der Waals surface area contributed by atoms with Crippen molar-refractivity contribution in [2.75, 3.05) is 13.7 Å². The van der Waals surface area contributed by atoms with E-state index in [2.05, 4.69) is 21.8 Å². The lowest BCUT2D eigenvalue weighted by Crippen LogP contribution is -2.27. The van der Waals surface area contributed by atoms with Crippen LogP contribution >= 0.6 is 0 Å². The van der Waals surface area contributed by atoms with Gasteiger partial charge in [0.2, 0.25) is 0 Å². The first-order valence-electron chi connectivity index (χ1n) is 8.14. The molecule has 1 aliphatic rings. The van der Waals surface area contributed by atoms with E-state index in [1.807, 2.05) is 6.20 Å². The Morgan fingerprint density at radius 2 is 2.09 bits per heavy atom. The number of rotatable bonds is 6. The van der Waals surface area contributed by atoms with Gasteiger partial charge >= 0.3 is 0 Å². The fraction of sp³-hybridized carbons (Fsp3) is 0.444. The van der Waals surface area contributed by atoms with E-state index in [9.17, 15) is 4.79 Å². The summed E-state index contributed by atoms with van der Waals surface area (Å²) in [4.78, 5) is 16.7. The molecule has 3 rings (SSSR count). The zero-order valence-electron chi connectivity index (χ0n) is 13.7. The molecule has 0 unspecified atom stereocenters. The first kappa shape index (κ1) is 15.6. The van der Waals surface area contributed by atoms with Crippen molar-refractivity contribution in [3.8, 4) is 5.75 Å². The van der Waals surface area contributed by atoms with Crippen molar-refractivity contribution in [1.82, 2.24) is 14.9 Å². The van der Waals surface area contributed by atoms with Gasteiger partial charge < -0.3 is 14.6 Å². The second kappa shape index (κ2) is 6.86. The normalized spacial score (nSPS) is 14.3. The fourth-order valence-corrected chi connectivity index (χ4v) is 2.96. The number of aromatic nitrogens is 2. The maximum absolute atomic E-state index is 12.1. The van der Waals surface area contributed by atoms with Crippen molar-refractivity contribution in [2.45, 2.75) is 38.6 Å². The highest BCUT2D eigenvalue weighted by Crippen LogP contribution is 2.33. The number of carbonyl (C=O) groups is 1. The SMILES string of the molecule is COc1ccc(C(=O)NCCc2ncc(C)n2C2CCC2)cc1. The van der Waals surface area contributed by atoms with Crippen molar-refractivity contribution in [2.24, 2.45) is 0 Å². The van der Waals surface area contributed by atoms with Crippen LogP contribution in [0.25, 0.3) is 0 Å². The first-order valence-corrected chi connectivity index (χ1v) is 8.14. The zero-order chi connectivity index (χ0) is 16.2. The Kier molecular flexibility index (Phi) is 4.65. The van der Waals surface area contributed by atoms with Crippen LogP contribution in [0.2, 0.25) is 0 Å². The second-order valence-corrected chi connectivity index (χ2v) is 6.00. The summed E-state index contributed by atoms with van der Waals surface area (Å²) >= 11 is 0. The molecule has 1 N–H and O–H groups in total. The van der Waals surface area contributed by atoms with E-state index < -0.39 is 0 Å². The lowest BCUT2D eigenvalue weighted by Gasteiger charge is -2.29. The number of nitrogens with one attached hydrogen (secondary N) is 1. The minimum Gasteiger partial charge on any atom is -0.497 e. The molecule has 0 atom stereocenters. The molecule has 5 nitrogen and oxygen atoms in total. The monoisotopic (exact) mass is 313 g/mol. The number of nitrogens with zero attached hydrogens (tertiary/aromatic N) is 2. The molecule has 122 valence electrons. The number of benzene rings is 1. The Bertz CT molecular complexity index is 672. The van der Waals surface area contributed by atoms with E-state index >= 15 is 0 Å². The van der Waals surface area contributed by atoms with Gasteiger partial charge in [-0.25, -0.2) is 4.98 Å². The van der Waals surface area contributed by atoms with Crippen LogP contribution in [0.4, 0.5) is 0 Å². The lowest BCUT2D eigenvalue weighted by atomic mass is 9.92. The highest BCUT2D eigenvalue weighted by molar-refractivity contribution is 5.94. The molecule has 1 saturated carbocycles. The fourth-order valence-electron chi connectivity index (χ4n) is 2.96. The number of amides is 1. The number of hydrogen-bond donors (Lipinski definition) is 1. The summed E-state index contributed by atoms with van der Waals surface area (Å²) in [6.07, 6.45) is 6.46. The Morgan fingerprint density at radius 3 is 2.70 bits per heavy atom. The third-order valence-electron chi connectivity index (χ3n) is 4.48. The summed E-state index contributed by atoms with van der Waals surface area (Å²) in [5.74, 6) is 1.76. The summed E-state index contributed by atoms with van der Waals surface area (Å²) in [6.45, 7) is 2.69. The topological polar surface area (TPSA) is 56.1 Å². The molecular formula is C18H23N3O2. The van der Waals surface area contributed by atoms with E-state index in [0.717, 1.165) is 18.0 Å². The third-order valence-corrected chi connectivity index (χ3v) is 4.48. The van der Waals surface area contributed by atoms with E-state index in [1.54, 1.807) is 31.4 Å². The molecule has 1 heterocycles. The van der Waals surface area contributed by atoms with Crippen LogP contribution in [0.1, 0.15) is 47.2 Å². The van der Waals surface area contributed by atoms with Crippen LogP contribution in [0, 0.1) is 6.92 Å². The first-order chi connectivity index (χ1) is 11.2. The van der Waals surface area contributed by atoms with Gasteiger partial charge in [0.05, 0.1) is 7.11 Å². The standard InChI is InChI=1S/C18H23N3O2/c1-13-12-20-17(21(13)15-4-3-5-15)10-11-19-18(22)14-6-8-16(23-2)9-7-14/h6-9,12,15H,3-5,10-11H2,1-2H3,(H,19,22). The number of methoxy groups -OCH3 is 1. The highest BCUT2D eigenvalue weighted by atomic mass is 16.5. The van der Waals surface area contributed by atoms with Gasteiger partial charge in [0, 0.05) is 36.5 Å². The number of aryl methyl sites for hydroxylation is 1. The minimum absolute atomic E-state index is 0.0638. The molecule has 5 heteroatoms. The summed E-state index contributed by atoms with van der Waals surface area (Å²) < 4.78 is 7.44. The largest absolute Gasteiger partial charge is 0.497 e. The van der Waals surface area contributed by atoms with Gasteiger partial charge in [-0.15, -0.1) is 0 Å². The Morgan fingerprint density at radius 1 is 1.35 bits per heavy atom. The maximum atomic E-state index is 12.1. The Balaban J connectivity index is 1.55. The van der Waals surface area contributed by atoms with Gasteiger partial charge in [0.15, 0.2) is 0 Å². The number of imidazole rings is 1. The van der Waals surface area contributed by atoms with Gasteiger partial charge in [-0.2, -0.15) is 0 Å². The predicted molar refractivity (Wildman–Crippen MR) is 88.9 cm³/mol. The van der Waals surface area contributed by atoms with E-state index in [4.69, 9.17) is 4.74 Å². The molecule has 0 bridgehead atoms. The van der Waals surface area contributed by atoms with Crippen molar-refractivity contribution in [3.63, 3.8) is 0 Å². The van der Waals surface area contributed by atoms with E-state index in [1.165, 1.54) is 25.0 Å². The van der Waals surface area contributed by atoms with Gasteiger partial charge in [0.1, 0.15) is 11.6 Å². The van der Waals surface area contributed by atoms with Crippen LogP contribution < -0.4 is 10.1 Å². The number of ether oxygens (including phenoxy) is 1. The molecule has 2 aromatic rings. The summed E-state index contributed by atoms with van der Waals surface area (Å²) in [7, 11) is 1.61. The third kappa shape index (κ3) is 3.38. The maximum Gasteiger partial charge on any atom is 0.251 e. The van der Waals surface area contributed by atoms with Crippen molar-refractivity contribution < 1.29 is 9.53 Å². The quantitative estimate of drug-likeness (QED) is 0.892. The van der Waals surface area contributed by atoms with E-state index in [-0.39, 0.29) is 5.91 Å². The van der Waals surface area contributed by atoms with Crippen LogP contribution in [0.15, 0.2) is 30.5 Å². The van der Waals surface area contributed by atoms with Crippen molar-refractivity contribution >= 4 is 5.91 Å². The molecular weight excluding hydrogens is 290 g/mol. The van der Waals surface area contributed by atoms with Crippen molar-refractivity contribution in [1.29, 1.82) is 0 Å². The molecule has 0 radical (unpaired) electrons. The van der Waals surface area contributed by atoms with Crippen LogP contribution in [0.3, 0.4) is 0 Å². The molecule has 1 aromatic heterocycles. The predicted octanol–water partition coefficient (Wildman–Crippen LogP) is 2.90. The van der Waals surface area contributed by atoms with Crippen molar-refractivity contribution in [3.05, 3.63) is 47.5 Å². The summed E-state index contributed by atoms with van der Waals surface area (Å²) in [5.41, 5.74) is 1.86. The number of carbonyl (C=O) groups excluding carboxylic acids is 1.